The highest BCUT2D eigenvalue weighted by Gasteiger charge is 2.13. The van der Waals surface area contributed by atoms with Gasteiger partial charge in [0, 0.05) is 16.5 Å². The Balaban J connectivity index is 2.06. The van der Waals surface area contributed by atoms with Crippen molar-refractivity contribution in [3.05, 3.63) is 77.4 Å². The monoisotopic (exact) mass is 327 g/mol. The summed E-state index contributed by atoms with van der Waals surface area (Å²) in [6.07, 6.45) is 3.22. The van der Waals surface area contributed by atoms with Crippen molar-refractivity contribution in [2.75, 3.05) is 0 Å². The molecule has 0 N–H and O–H groups in total. The highest BCUT2D eigenvalue weighted by atomic mass is 15.0. The number of hydrogen-bond donors (Lipinski definition) is 0. The van der Waals surface area contributed by atoms with Crippen LogP contribution in [0.1, 0.15) is 37.5 Å². The van der Waals surface area contributed by atoms with E-state index in [0.29, 0.717) is 0 Å². The zero-order valence-corrected chi connectivity index (χ0v) is 15.3. The molecule has 1 heteroatoms. The zero-order valence-electron chi connectivity index (χ0n) is 15.3. The smallest absolute Gasteiger partial charge is 0.0541 e. The highest BCUT2D eigenvalue weighted by Crippen LogP contribution is 2.33. The molecule has 0 aliphatic carbocycles. The second kappa shape index (κ2) is 6.40. The third-order valence-electron chi connectivity index (χ3n) is 5.31. The molecule has 0 spiro atoms. The second-order valence-corrected chi connectivity index (χ2v) is 6.77. The van der Waals surface area contributed by atoms with Crippen LogP contribution in [0.3, 0.4) is 0 Å². The predicted octanol–water partition coefficient (Wildman–Crippen LogP) is 6.47. The van der Waals surface area contributed by atoms with E-state index in [1.165, 1.54) is 44.2 Å². The van der Waals surface area contributed by atoms with Gasteiger partial charge in [-0.05, 0) is 72.4 Å². The van der Waals surface area contributed by atoms with Gasteiger partial charge in [-0.2, -0.15) is 0 Å². The third-order valence-corrected chi connectivity index (χ3v) is 5.31. The van der Waals surface area contributed by atoms with Crippen LogP contribution in [-0.4, -0.2) is 4.57 Å². The van der Waals surface area contributed by atoms with Gasteiger partial charge in [-0.3, -0.25) is 0 Å². The average molecular weight is 327 g/mol. The number of aryl methyl sites for hydroxylation is 3. The van der Waals surface area contributed by atoms with Gasteiger partial charge in [0.25, 0.3) is 0 Å². The van der Waals surface area contributed by atoms with Gasteiger partial charge in [0.15, 0.2) is 0 Å². The first-order valence-corrected chi connectivity index (χ1v) is 9.40. The quantitative estimate of drug-likeness (QED) is 0.405. The maximum atomic E-state index is 2.41. The molecule has 126 valence electrons. The van der Waals surface area contributed by atoms with Gasteiger partial charge >= 0.3 is 0 Å². The van der Waals surface area contributed by atoms with E-state index in [2.05, 4.69) is 86.0 Å². The molecule has 4 aromatic rings. The lowest BCUT2D eigenvalue weighted by Crippen LogP contribution is -1.94. The van der Waals surface area contributed by atoms with Crippen molar-refractivity contribution < 1.29 is 0 Å². The summed E-state index contributed by atoms with van der Waals surface area (Å²) in [5.74, 6) is 0. The minimum absolute atomic E-state index is 1.07. The Kier molecular flexibility index (Phi) is 4.09. The Bertz CT molecular complexity index is 974. The molecule has 0 saturated heterocycles. The molecule has 0 atom stereocenters. The topological polar surface area (TPSA) is 4.93 Å². The van der Waals surface area contributed by atoms with Gasteiger partial charge in [0.1, 0.15) is 0 Å². The molecular formula is C24H25N. The molecule has 1 heterocycles. The number of nitrogens with zero attached hydrogens (tertiary/aromatic N) is 1. The Morgan fingerprint density at radius 3 is 1.44 bits per heavy atom. The predicted molar refractivity (Wildman–Crippen MR) is 109 cm³/mol. The van der Waals surface area contributed by atoms with Gasteiger partial charge in [0.2, 0.25) is 0 Å². The molecule has 0 saturated carbocycles. The molecule has 3 aromatic carbocycles. The minimum Gasteiger partial charge on any atom is -0.309 e. The molecule has 0 unspecified atom stereocenters. The summed E-state index contributed by atoms with van der Waals surface area (Å²) in [5, 5.41) is 2.73. The largest absolute Gasteiger partial charge is 0.309 e. The molecule has 1 nitrogen and oxygen atoms in total. The lowest BCUT2D eigenvalue weighted by molar-refractivity contribution is 1.11. The fourth-order valence-electron chi connectivity index (χ4n) is 3.72. The third kappa shape index (κ3) is 2.64. The van der Waals surface area contributed by atoms with E-state index in [0.717, 1.165) is 19.3 Å². The molecule has 0 amide bonds. The molecule has 4 rings (SSSR count). The van der Waals surface area contributed by atoms with Gasteiger partial charge in [-0.25, -0.2) is 0 Å². The number of aromatic nitrogens is 1. The summed E-state index contributed by atoms with van der Waals surface area (Å²) in [6, 6.07) is 22.8. The second-order valence-electron chi connectivity index (χ2n) is 6.77. The van der Waals surface area contributed by atoms with Crippen LogP contribution in [0.25, 0.3) is 27.5 Å². The Hall–Kier alpha value is -2.54. The van der Waals surface area contributed by atoms with Gasteiger partial charge in [-0.15, -0.1) is 0 Å². The first-order chi connectivity index (χ1) is 12.2. The van der Waals surface area contributed by atoms with Crippen molar-refractivity contribution in [3.63, 3.8) is 0 Å². The van der Waals surface area contributed by atoms with Gasteiger partial charge < -0.3 is 4.57 Å². The summed E-state index contributed by atoms with van der Waals surface area (Å²) in [7, 11) is 0. The van der Waals surface area contributed by atoms with E-state index >= 15 is 0 Å². The molecule has 0 aliphatic rings. The summed E-state index contributed by atoms with van der Waals surface area (Å²) < 4.78 is 2.41. The highest BCUT2D eigenvalue weighted by molar-refractivity contribution is 6.09. The first kappa shape index (κ1) is 16.0. The number of benzene rings is 3. The van der Waals surface area contributed by atoms with E-state index in [-0.39, 0.29) is 0 Å². The van der Waals surface area contributed by atoms with E-state index in [9.17, 15) is 0 Å². The fraction of sp³-hybridized carbons (Fsp3) is 0.250. The van der Waals surface area contributed by atoms with E-state index in [1.807, 2.05) is 0 Å². The molecule has 0 radical (unpaired) electrons. The summed E-state index contributed by atoms with van der Waals surface area (Å²) >= 11 is 0. The maximum Gasteiger partial charge on any atom is 0.0541 e. The van der Waals surface area contributed by atoms with Crippen LogP contribution < -0.4 is 0 Å². The Morgan fingerprint density at radius 2 is 1.00 bits per heavy atom. The number of rotatable bonds is 4. The average Bonchev–Trinajstić information content (AvgIpc) is 3.00. The normalized spacial score (nSPS) is 11.5. The van der Waals surface area contributed by atoms with Crippen LogP contribution in [0.4, 0.5) is 0 Å². The maximum absolute atomic E-state index is 2.41. The first-order valence-electron chi connectivity index (χ1n) is 9.40. The zero-order chi connectivity index (χ0) is 17.4. The Labute approximate surface area is 149 Å². The molecule has 0 bridgehead atoms. The van der Waals surface area contributed by atoms with Crippen LogP contribution in [0, 0.1) is 0 Å². The SMILES string of the molecule is CCc1ccc(-n2c3ccc(CC)cc3c3cc(CC)ccc32)cc1. The molecule has 1 aromatic heterocycles. The van der Waals surface area contributed by atoms with E-state index < -0.39 is 0 Å². The van der Waals surface area contributed by atoms with E-state index in [4.69, 9.17) is 0 Å². The van der Waals surface area contributed by atoms with Crippen molar-refractivity contribution in [1.82, 2.24) is 4.57 Å². The standard InChI is InChI=1S/C24H25N/c1-4-17-7-11-20(12-8-17)25-23-13-9-18(5-2)15-21(23)22-16-19(6-3)10-14-24(22)25/h7-16H,4-6H2,1-3H3. The lowest BCUT2D eigenvalue weighted by atomic mass is 10.1. The van der Waals surface area contributed by atoms with Crippen molar-refractivity contribution in [3.8, 4) is 5.69 Å². The molecule has 0 aliphatic heterocycles. The molecule has 0 fully saturated rings. The van der Waals surface area contributed by atoms with Crippen molar-refractivity contribution in [1.29, 1.82) is 0 Å². The molecular weight excluding hydrogens is 302 g/mol. The van der Waals surface area contributed by atoms with Crippen LogP contribution in [0.5, 0.6) is 0 Å². The summed E-state index contributed by atoms with van der Waals surface area (Å²) in [5.41, 5.74) is 8.01. The fourth-order valence-corrected chi connectivity index (χ4v) is 3.72. The molecule has 25 heavy (non-hydrogen) atoms. The Morgan fingerprint density at radius 1 is 0.560 bits per heavy atom. The van der Waals surface area contributed by atoms with Crippen molar-refractivity contribution in [2.24, 2.45) is 0 Å². The summed E-state index contributed by atoms with van der Waals surface area (Å²) in [6.45, 7) is 6.65. The summed E-state index contributed by atoms with van der Waals surface area (Å²) in [4.78, 5) is 0. The van der Waals surface area contributed by atoms with Crippen LogP contribution in [0.15, 0.2) is 60.7 Å². The van der Waals surface area contributed by atoms with Crippen molar-refractivity contribution >= 4 is 21.8 Å². The van der Waals surface area contributed by atoms with Crippen LogP contribution >= 0.6 is 0 Å². The van der Waals surface area contributed by atoms with Gasteiger partial charge in [-0.1, -0.05) is 45.0 Å². The number of fused-ring (bicyclic) bond motifs is 3. The van der Waals surface area contributed by atoms with Crippen molar-refractivity contribution in [2.45, 2.75) is 40.0 Å². The van der Waals surface area contributed by atoms with Gasteiger partial charge in [0.05, 0.1) is 11.0 Å². The number of hydrogen-bond acceptors (Lipinski definition) is 0. The van der Waals surface area contributed by atoms with E-state index in [1.54, 1.807) is 0 Å². The van der Waals surface area contributed by atoms with Crippen LogP contribution in [0.2, 0.25) is 0 Å². The minimum atomic E-state index is 1.07. The van der Waals surface area contributed by atoms with Crippen LogP contribution in [-0.2, 0) is 19.3 Å². The lowest BCUT2D eigenvalue weighted by Gasteiger charge is -2.09.